The highest BCUT2D eigenvalue weighted by Gasteiger charge is 2.39. The van der Waals surface area contributed by atoms with E-state index in [4.69, 9.17) is 14.2 Å². The van der Waals surface area contributed by atoms with Crippen LogP contribution in [0.15, 0.2) is 83.8 Å². The van der Waals surface area contributed by atoms with Crippen molar-refractivity contribution in [3.63, 3.8) is 0 Å². The molecule has 0 aromatic heterocycles. The van der Waals surface area contributed by atoms with Gasteiger partial charge in [-0.05, 0) is 43.0 Å². The number of methoxy groups -OCH3 is 1. The summed E-state index contributed by atoms with van der Waals surface area (Å²) in [7, 11) is -2.12. The Bertz CT molecular complexity index is 1300. The molecule has 7 nitrogen and oxygen atoms in total. The molecule has 3 aromatic carbocycles. The van der Waals surface area contributed by atoms with Crippen molar-refractivity contribution < 1.29 is 22.6 Å². The fourth-order valence-electron chi connectivity index (χ4n) is 5.40. The summed E-state index contributed by atoms with van der Waals surface area (Å²) in [4.78, 5) is 2.48. The Morgan fingerprint density at radius 3 is 2.47 bits per heavy atom. The van der Waals surface area contributed by atoms with Gasteiger partial charge in [-0.1, -0.05) is 60.7 Å². The average molecular weight is 537 g/mol. The third-order valence-electron chi connectivity index (χ3n) is 7.39. The monoisotopic (exact) mass is 536 g/mol. The Morgan fingerprint density at radius 1 is 1.00 bits per heavy atom. The van der Waals surface area contributed by atoms with Crippen LogP contribution in [-0.4, -0.2) is 58.3 Å². The zero-order chi connectivity index (χ0) is 26.5. The molecule has 8 heteroatoms. The second-order valence-electron chi connectivity index (χ2n) is 9.98. The van der Waals surface area contributed by atoms with Crippen molar-refractivity contribution in [1.29, 1.82) is 0 Å². The van der Waals surface area contributed by atoms with Crippen molar-refractivity contribution in [2.24, 2.45) is 0 Å². The van der Waals surface area contributed by atoms with Crippen LogP contribution >= 0.6 is 0 Å². The molecule has 1 saturated heterocycles. The molecule has 2 aliphatic rings. The van der Waals surface area contributed by atoms with E-state index >= 15 is 0 Å². The largest absolute Gasteiger partial charge is 0.485 e. The Labute approximate surface area is 226 Å². The van der Waals surface area contributed by atoms with Crippen LogP contribution in [0.1, 0.15) is 36.9 Å². The summed E-state index contributed by atoms with van der Waals surface area (Å²) in [6.45, 7) is 4.35. The van der Waals surface area contributed by atoms with Crippen molar-refractivity contribution in [1.82, 2.24) is 4.31 Å². The van der Waals surface area contributed by atoms with Crippen LogP contribution in [0.5, 0.6) is 5.75 Å². The smallest absolute Gasteiger partial charge is 0.247 e. The minimum atomic E-state index is -3.83. The maximum atomic E-state index is 14.1. The highest BCUT2D eigenvalue weighted by molar-refractivity contribution is 7.89. The summed E-state index contributed by atoms with van der Waals surface area (Å²) in [5, 5.41) is 0. The number of hydrogen-bond donors (Lipinski definition) is 0. The van der Waals surface area contributed by atoms with Gasteiger partial charge in [-0.2, -0.15) is 4.31 Å². The van der Waals surface area contributed by atoms with Gasteiger partial charge in [-0.15, -0.1) is 0 Å². The van der Waals surface area contributed by atoms with Crippen LogP contribution in [0.3, 0.4) is 0 Å². The first-order chi connectivity index (χ1) is 18.5. The quantitative estimate of drug-likeness (QED) is 0.382. The number of sulfonamides is 1. The van der Waals surface area contributed by atoms with E-state index in [9.17, 15) is 8.42 Å². The number of rotatable bonds is 9. The van der Waals surface area contributed by atoms with Crippen molar-refractivity contribution >= 4 is 15.7 Å². The summed E-state index contributed by atoms with van der Waals surface area (Å²) in [6, 6.07) is 25.0. The van der Waals surface area contributed by atoms with Crippen LogP contribution < -0.4 is 9.64 Å². The molecule has 202 valence electrons. The molecule has 38 heavy (non-hydrogen) atoms. The van der Waals surface area contributed by atoms with E-state index in [1.54, 1.807) is 17.5 Å². The van der Waals surface area contributed by atoms with E-state index in [-0.39, 0.29) is 30.1 Å². The SMILES string of the molecule is COC[C@@H]1CCCN1c1ccc2c(c1)O[C@@H](COCc1ccccc1)CN([C@@H](C)c1ccccc1)S2(=O)=O. The summed E-state index contributed by atoms with van der Waals surface area (Å²) < 4.78 is 47.6. The molecule has 0 radical (unpaired) electrons. The number of ether oxygens (including phenoxy) is 3. The maximum Gasteiger partial charge on any atom is 0.247 e. The first-order valence-electron chi connectivity index (χ1n) is 13.2. The van der Waals surface area contributed by atoms with Gasteiger partial charge in [0.1, 0.15) is 16.7 Å². The maximum absolute atomic E-state index is 14.1. The number of benzene rings is 3. The van der Waals surface area contributed by atoms with Gasteiger partial charge in [0, 0.05) is 31.5 Å². The second kappa shape index (κ2) is 11.9. The van der Waals surface area contributed by atoms with Crippen LogP contribution in [0.2, 0.25) is 0 Å². The van der Waals surface area contributed by atoms with E-state index in [1.807, 2.05) is 79.7 Å². The number of nitrogens with zero attached hydrogens (tertiary/aromatic N) is 2. The Morgan fingerprint density at radius 2 is 1.74 bits per heavy atom. The lowest BCUT2D eigenvalue weighted by molar-refractivity contribution is 0.0313. The highest BCUT2D eigenvalue weighted by atomic mass is 32.2. The van der Waals surface area contributed by atoms with Gasteiger partial charge in [0.25, 0.3) is 0 Å². The standard InChI is InChI=1S/C30H36N2O5S/c1-23(25-12-7-4-8-13-25)32-19-28(22-36-20-24-10-5-3-6-11-24)37-29-18-26(15-16-30(29)38(32,33)34)31-17-9-14-27(31)21-35-2/h3-8,10-13,15-16,18,23,27-28H,9,14,17,19-22H2,1-2H3/t23-,27-,28+/m0/s1. The first-order valence-corrected chi connectivity index (χ1v) is 14.7. The molecule has 0 unspecified atom stereocenters. The van der Waals surface area contributed by atoms with Crippen molar-refractivity contribution in [3.05, 3.63) is 90.0 Å². The summed E-state index contributed by atoms with van der Waals surface area (Å²) in [6.07, 6.45) is 1.65. The fourth-order valence-corrected chi connectivity index (χ4v) is 7.15. The van der Waals surface area contributed by atoms with Crippen LogP contribution in [0.25, 0.3) is 0 Å². The molecule has 0 spiro atoms. The average Bonchev–Trinajstić information content (AvgIpc) is 3.36. The van der Waals surface area contributed by atoms with Crippen LogP contribution in [-0.2, 0) is 26.1 Å². The molecule has 0 bridgehead atoms. The van der Waals surface area contributed by atoms with Gasteiger partial charge < -0.3 is 19.1 Å². The first kappa shape index (κ1) is 26.7. The summed E-state index contributed by atoms with van der Waals surface area (Å²) >= 11 is 0. The Balaban J connectivity index is 1.46. The Hall–Kier alpha value is -2.91. The molecular weight excluding hydrogens is 500 g/mol. The molecule has 2 heterocycles. The third kappa shape index (κ3) is 5.73. The normalized spacial score (nSPS) is 21.9. The number of anilines is 1. The van der Waals surface area contributed by atoms with E-state index in [2.05, 4.69) is 4.90 Å². The molecule has 3 aromatic rings. The molecule has 0 N–H and O–H groups in total. The van der Waals surface area contributed by atoms with E-state index < -0.39 is 16.1 Å². The van der Waals surface area contributed by atoms with Crippen LogP contribution in [0, 0.1) is 0 Å². The molecule has 0 saturated carbocycles. The van der Waals surface area contributed by atoms with Crippen molar-refractivity contribution in [3.8, 4) is 5.75 Å². The molecule has 0 amide bonds. The summed E-state index contributed by atoms with van der Waals surface area (Å²) in [5.74, 6) is 0.377. The third-order valence-corrected chi connectivity index (χ3v) is 9.36. The van der Waals surface area contributed by atoms with Gasteiger partial charge in [0.15, 0.2) is 0 Å². The highest BCUT2D eigenvalue weighted by Crippen LogP contribution is 2.39. The van der Waals surface area contributed by atoms with E-state index in [0.717, 1.165) is 36.2 Å². The lowest BCUT2D eigenvalue weighted by Crippen LogP contribution is -2.40. The van der Waals surface area contributed by atoms with Crippen molar-refractivity contribution in [2.75, 3.05) is 38.3 Å². The Kier molecular flexibility index (Phi) is 8.33. The predicted octanol–water partition coefficient (Wildman–Crippen LogP) is 5.03. The minimum absolute atomic E-state index is 0.188. The van der Waals surface area contributed by atoms with Gasteiger partial charge in [0.2, 0.25) is 10.0 Å². The zero-order valence-electron chi connectivity index (χ0n) is 22.0. The molecule has 5 rings (SSSR count). The molecule has 3 atom stereocenters. The lowest BCUT2D eigenvalue weighted by Gasteiger charge is -2.29. The van der Waals surface area contributed by atoms with E-state index in [0.29, 0.717) is 19.0 Å². The number of fused-ring (bicyclic) bond motifs is 1. The minimum Gasteiger partial charge on any atom is -0.485 e. The van der Waals surface area contributed by atoms with Crippen LogP contribution in [0.4, 0.5) is 5.69 Å². The molecule has 2 aliphatic heterocycles. The molecule has 0 aliphatic carbocycles. The van der Waals surface area contributed by atoms with Gasteiger partial charge >= 0.3 is 0 Å². The fraction of sp³-hybridized carbons (Fsp3) is 0.400. The van der Waals surface area contributed by atoms with Crippen molar-refractivity contribution in [2.45, 2.75) is 49.5 Å². The van der Waals surface area contributed by atoms with Gasteiger partial charge in [-0.3, -0.25) is 0 Å². The van der Waals surface area contributed by atoms with Gasteiger partial charge in [-0.25, -0.2) is 8.42 Å². The number of hydrogen-bond acceptors (Lipinski definition) is 6. The lowest BCUT2D eigenvalue weighted by atomic mass is 10.1. The molecular formula is C30H36N2O5S. The predicted molar refractivity (Wildman–Crippen MR) is 148 cm³/mol. The zero-order valence-corrected chi connectivity index (χ0v) is 22.8. The summed E-state index contributed by atoms with van der Waals surface area (Å²) in [5.41, 5.74) is 2.94. The van der Waals surface area contributed by atoms with Gasteiger partial charge in [0.05, 0.1) is 32.4 Å². The van der Waals surface area contributed by atoms with E-state index in [1.165, 1.54) is 0 Å². The topological polar surface area (TPSA) is 68.3 Å². The molecule has 1 fully saturated rings. The second-order valence-corrected chi connectivity index (χ2v) is 11.8.